The molecular weight excluding hydrogens is 782 g/mol. The molecule has 3 saturated heterocycles. The van der Waals surface area contributed by atoms with Gasteiger partial charge in [-0.2, -0.15) is 0 Å². The first-order valence-electron chi connectivity index (χ1n) is 19.5. The largest absolute Gasteiger partial charge is 0.463 e. The molecule has 1 aromatic heterocycles. The molecule has 4 heterocycles. The van der Waals surface area contributed by atoms with Crippen LogP contribution in [-0.4, -0.2) is 119 Å². The number of aromatic nitrogens is 1. The molecule has 0 radical (unpaired) electrons. The third-order valence-corrected chi connectivity index (χ3v) is 11.5. The van der Waals surface area contributed by atoms with Crippen LogP contribution in [0.3, 0.4) is 0 Å². The third kappa shape index (κ3) is 12.8. The van der Waals surface area contributed by atoms with Gasteiger partial charge in [0.05, 0.1) is 41.9 Å². The maximum absolute atomic E-state index is 13.4. The molecule has 3 fully saturated rings. The Morgan fingerprint density at radius 3 is 2.17 bits per heavy atom. The molecule has 17 nitrogen and oxygen atoms in total. The number of carbonyl (C=O) groups is 6. The number of fused-ring (bicyclic) bond motifs is 1. The van der Waals surface area contributed by atoms with E-state index in [2.05, 4.69) is 4.98 Å². The lowest BCUT2D eigenvalue weighted by atomic mass is 9.73. The second kappa shape index (κ2) is 20.4. The van der Waals surface area contributed by atoms with Gasteiger partial charge in [-0.15, -0.1) is 11.3 Å². The fraction of sp³-hybridized carbons (Fsp3) is 0.725. The molecule has 12 atom stereocenters. The lowest BCUT2D eigenvalue weighted by Gasteiger charge is -2.43. The minimum absolute atomic E-state index is 0.0472. The molecule has 0 saturated carbocycles. The van der Waals surface area contributed by atoms with Crippen molar-refractivity contribution in [1.82, 2.24) is 4.98 Å². The Labute approximate surface area is 342 Å². The molecule has 18 heteroatoms. The highest BCUT2D eigenvalue weighted by atomic mass is 32.1. The predicted octanol–water partition coefficient (Wildman–Crippen LogP) is 3.38. The standard InChI is InChI=1S/C40H57NO16S/c1-19-11-10-12-27-29(55-27)14-28(56-33(47)15-31(46)40(8,9)38(49)21(3)34(19)48)20(2)13-26-18-58-32(41-26)17-51-39-37(54-25(7)45)36(53-24(6)44)35(52-23(5)43)30(57-39)16-50-22(4)42/h13,18-19,21,27-31,34-37,39,46,48H,10-12,14-17H2,1-9H3/b20-13+/t19-,21+,27+,28-,29-,30+,31-,34-,35+,36-,37+,39-/m0/s1. The number of epoxide rings is 1. The first-order chi connectivity index (χ1) is 27.2. The maximum atomic E-state index is 13.4. The number of Topliss-reactive ketones (excluding diaryl/α,β-unsaturated/α-hetero) is 1. The second-order valence-electron chi connectivity index (χ2n) is 15.9. The summed E-state index contributed by atoms with van der Waals surface area (Å²) in [5, 5.41) is 24.2. The van der Waals surface area contributed by atoms with Crippen molar-refractivity contribution < 1.29 is 76.9 Å². The Morgan fingerprint density at radius 2 is 1.53 bits per heavy atom. The minimum atomic E-state index is -1.40. The topological polar surface area (TPSA) is 233 Å². The van der Waals surface area contributed by atoms with Gasteiger partial charge in [0.15, 0.2) is 24.6 Å². The summed E-state index contributed by atoms with van der Waals surface area (Å²) in [6, 6.07) is 0. The lowest BCUT2D eigenvalue weighted by molar-refractivity contribution is -0.310. The van der Waals surface area contributed by atoms with Gasteiger partial charge in [0, 0.05) is 45.4 Å². The van der Waals surface area contributed by atoms with E-state index in [1.807, 2.05) is 6.92 Å². The Morgan fingerprint density at radius 1 is 0.897 bits per heavy atom. The average Bonchev–Trinajstić information content (AvgIpc) is 3.71. The number of aliphatic hydroxyl groups is 2. The number of carbonyl (C=O) groups excluding carboxylic acids is 6. The molecule has 0 amide bonds. The molecule has 0 aliphatic carbocycles. The molecular formula is C40H57NO16S. The quantitative estimate of drug-likeness (QED) is 0.195. The van der Waals surface area contributed by atoms with E-state index in [1.165, 1.54) is 18.3 Å². The zero-order valence-corrected chi connectivity index (χ0v) is 35.3. The van der Waals surface area contributed by atoms with Gasteiger partial charge in [-0.05, 0) is 37.3 Å². The Balaban J connectivity index is 1.52. The van der Waals surface area contributed by atoms with E-state index in [-0.39, 0.29) is 30.5 Å². The smallest absolute Gasteiger partial charge is 0.309 e. The minimum Gasteiger partial charge on any atom is -0.463 e. The van der Waals surface area contributed by atoms with Crippen molar-refractivity contribution >= 4 is 53.0 Å². The number of aliphatic hydroxyl groups excluding tert-OH is 2. The van der Waals surface area contributed by atoms with Crippen LogP contribution in [0.15, 0.2) is 11.0 Å². The number of nitrogens with zero attached hydrogens (tertiary/aromatic N) is 1. The Bertz CT molecular complexity index is 1670. The van der Waals surface area contributed by atoms with Crippen molar-refractivity contribution in [2.24, 2.45) is 17.3 Å². The summed E-state index contributed by atoms with van der Waals surface area (Å²) in [5.41, 5.74) is -0.167. The predicted molar refractivity (Wildman–Crippen MR) is 203 cm³/mol. The summed E-state index contributed by atoms with van der Waals surface area (Å²) in [6.45, 7) is 12.4. The van der Waals surface area contributed by atoms with Gasteiger partial charge in [-0.25, -0.2) is 4.98 Å². The fourth-order valence-electron chi connectivity index (χ4n) is 7.27. The number of cyclic esters (lactones) is 1. The molecule has 324 valence electrons. The number of esters is 5. The lowest BCUT2D eigenvalue weighted by Crippen LogP contribution is -2.62. The monoisotopic (exact) mass is 839 g/mol. The zero-order valence-electron chi connectivity index (χ0n) is 34.5. The van der Waals surface area contributed by atoms with Crippen LogP contribution in [-0.2, 0) is 73.3 Å². The van der Waals surface area contributed by atoms with Gasteiger partial charge in [0.25, 0.3) is 0 Å². The second-order valence-corrected chi connectivity index (χ2v) is 16.8. The maximum Gasteiger partial charge on any atom is 0.309 e. The van der Waals surface area contributed by atoms with E-state index >= 15 is 0 Å². The van der Waals surface area contributed by atoms with Crippen LogP contribution in [0.25, 0.3) is 6.08 Å². The third-order valence-electron chi connectivity index (χ3n) is 10.7. The van der Waals surface area contributed by atoms with E-state index in [1.54, 1.807) is 39.2 Å². The van der Waals surface area contributed by atoms with Crippen LogP contribution in [0.1, 0.15) is 105 Å². The van der Waals surface area contributed by atoms with Gasteiger partial charge in [0.1, 0.15) is 36.2 Å². The molecule has 0 spiro atoms. The van der Waals surface area contributed by atoms with Crippen LogP contribution in [0.2, 0.25) is 0 Å². The summed E-state index contributed by atoms with van der Waals surface area (Å²) < 4.78 is 45.4. The van der Waals surface area contributed by atoms with E-state index in [4.69, 9.17) is 37.9 Å². The Kier molecular flexibility index (Phi) is 16.5. The number of rotatable bonds is 10. The number of ketones is 1. The molecule has 3 aliphatic rings. The molecule has 4 rings (SSSR count). The average molecular weight is 840 g/mol. The first kappa shape index (κ1) is 46.9. The summed E-state index contributed by atoms with van der Waals surface area (Å²) in [7, 11) is 0. The van der Waals surface area contributed by atoms with Gasteiger partial charge >= 0.3 is 29.8 Å². The summed E-state index contributed by atoms with van der Waals surface area (Å²) >= 11 is 1.23. The normalized spacial score (nSPS) is 33.5. The summed E-state index contributed by atoms with van der Waals surface area (Å²) in [4.78, 5) is 79.4. The number of hydrogen-bond donors (Lipinski definition) is 2. The van der Waals surface area contributed by atoms with E-state index in [0.717, 1.165) is 33.6 Å². The molecule has 0 unspecified atom stereocenters. The highest BCUT2D eigenvalue weighted by molar-refractivity contribution is 7.09. The van der Waals surface area contributed by atoms with Crippen molar-refractivity contribution in [3.63, 3.8) is 0 Å². The Hall–Kier alpha value is -3.81. The van der Waals surface area contributed by atoms with E-state index in [9.17, 15) is 39.0 Å². The van der Waals surface area contributed by atoms with Gasteiger partial charge in [0.2, 0.25) is 0 Å². The van der Waals surface area contributed by atoms with Crippen LogP contribution >= 0.6 is 11.3 Å². The first-order valence-corrected chi connectivity index (χ1v) is 20.4. The van der Waals surface area contributed by atoms with Crippen LogP contribution in [0.5, 0.6) is 0 Å². The summed E-state index contributed by atoms with van der Waals surface area (Å²) in [5.74, 6) is -4.88. The number of ether oxygens (including phenoxy) is 8. The summed E-state index contributed by atoms with van der Waals surface area (Å²) in [6.07, 6.45) is -6.01. The highest BCUT2D eigenvalue weighted by Gasteiger charge is 2.53. The van der Waals surface area contributed by atoms with Crippen molar-refractivity contribution in [1.29, 1.82) is 0 Å². The molecule has 0 aromatic carbocycles. The van der Waals surface area contributed by atoms with Crippen LogP contribution in [0.4, 0.5) is 0 Å². The zero-order chi connectivity index (χ0) is 43.1. The number of thiazole rings is 1. The fourth-order valence-corrected chi connectivity index (χ4v) is 7.94. The molecule has 3 aliphatic heterocycles. The van der Waals surface area contributed by atoms with E-state index in [0.29, 0.717) is 29.1 Å². The van der Waals surface area contributed by atoms with Gasteiger partial charge in [-0.3, -0.25) is 28.8 Å². The van der Waals surface area contributed by atoms with Crippen molar-refractivity contribution in [3.05, 3.63) is 21.7 Å². The van der Waals surface area contributed by atoms with Crippen molar-refractivity contribution in [2.45, 2.75) is 162 Å². The SMILES string of the molecule is CC(=O)OC[C@H]1O[C@H](OCc2nc(/C=C(\C)[C@@H]3C[C@@H]4O[C@@H]4CCC[C@H](C)[C@H](O)[C@@H](C)C(=O)C(C)(C)[C@@H](O)CC(=O)O3)cs2)[C@H](OC(C)=O)[C@@H](OC(C)=O)[C@@H]1OC(C)=O. The van der Waals surface area contributed by atoms with Crippen molar-refractivity contribution in [2.75, 3.05) is 6.61 Å². The molecule has 2 N–H and O–H groups in total. The van der Waals surface area contributed by atoms with Crippen LogP contribution in [0, 0.1) is 17.3 Å². The van der Waals surface area contributed by atoms with Crippen LogP contribution < -0.4 is 0 Å². The molecule has 1 aromatic rings. The van der Waals surface area contributed by atoms with E-state index < -0.39 is 103 Å². The number of hydrogen-bond acceptors (Lipinski definition) is 18. The van der Waals surface area contributed by atoms with Gasteiger partial charge in [-0.1, -0.05) is 34.1 Å². The molecule has 0 bridgehead atoms. The van der Waals surface area contributed by atoms with Gasteiger partial charge < -0.3 is 48.1 Å². The van der Waals surface area contributed by atoms with Crippen molar-refractivity contribution in [3.8, 4) is 0 Å². The molecule has 58 heavy (non-hydrogen) atoms. The highest BCUT2D eigenvalue weighted by Crippen LogP contribution is 2.37.